The quantitative estimate of drug-likeness (QED) is 0.858. The van der Waals surface area contributed by atoms with E-state index in [0.29, 0.717) is 6.04 Å². The molecule has 1 N–H and O–H groups in total. The monoisotopic (exact) mass is 231 g/mol. The van der Waals surface area contributed by atoms with Crippen LogP contribution in [0.5, 0.6) is 0 Å². The maximum Gasteiger partial charge on any atom is 0.134 e. The van der Waals surface area contributed by atoms with Gasteiger partial charge in [-0.15, -0.1) is 0 Å². The topological polar surface area (TPSA) is 25.2 Å². The van der Waals surface area contributed by atoms with Gasteiger partial charge in [0.05, 0.1) is 6.04 Å². The van der Waals surface area contributed by atoms with E-state index in [0.717, 1.165) is 17.8 Å². The molecule has 1 heterocycles. The third-order valence-electron chi connectivity index (χ3n) is 3.06. The highest BCUT2D eigenvalue weighted by Gasteiger charge is 2.18. The minimum absolute atomic E-state index is 0.261. The Morgan fingerprint density at radius 3 is 2.53 bits per heavy atom. The van der Waals surface area contributed by atoms with Crippen LogP contribution in [0, 0.1) is 0 Å². The number of rotatable bonds is 4. The predicted octanol–water partition coefficient (Wildman–Crippen LogP) is 4.05. The molecule has 1 aromatic heterocycles. The molecule has 0 radical (unpaired) electrons. The number of furan rings is 1. The van der Waals surface area contributed by atoms with Crippen molar-refractivity contribution in [3.8, 4) is 0 Å². The van der Waals surface area contributed by atoms with Gasteiger partial charge in [0.25, 0.3) is 0 Å². The molecule has 1 aromatic carbocycles. The Labute approximate surface area is 103 Å². The lowest BCUT2D eigenvalue weighted by molar-refractivity contribution is 0.419. The zero-order valence-electron chi connectivity index (χ0n) is 11.1. The van der Waals surface area contributed by atoms with E-state index in [-0.39, 0.29) is 6.04 Å². The first-order chi connectivity index (χ1) is 8.13. The van der Waals surface area contributed by atoms with Crippen molar-refractivity contribution in [1.82, 2.24) is 5.32 Å². The SMILES string of the molecule is CCc1c(C(C)NC(C)C)oc2ccccc12. The van der Waals surface area contributed by atoms with Gasteiger partial charge < -0.3 is 9.73 Å². The smallest absolute Gasteiger partial charge is 0.134 e. The van der Waals surface area contributed by atoms with Crippen LogP contribution >= 0.6 is 0 Å². The zero-order chi connectivity index (χ0) is 12.4. The van der Waals surface area contributed by atoms with Crippen molar-refractivity contribution >= 4 is 11.0 Å². The van der Waals surface area contributed by atoms with Gasteiger partial charge in [0.15, 0.2) is 0 Å². The molecule has 92 valence electrons. The van der Waals surface area contributed by atoms with E-state index in [4.69, 9.17) is 4.42 Å². The van der Waals surface area contributed by atoms with Crippen LogP contribution in [-0.2, 0) is 6.42 Å². The normalized spacial score (nSPS) is 13.5. The van der Waals surface area contributed by atoms with Crippen LogP contribution in [0.25, 0.3) is 11.0 Å². The lowest BCUT2D eigenvalue weighted by atomic mass is 10.0. The van der Waals surface area contributed by atoms with Gasteiger partial charge in [-0.3, -0.25) is 0 Å². The van der Waals surface area contributed by atoms with Gasteiger partial charge >= 0.3 is 0 Å². The largest absolute Gasteiger partial charge is 0.459 e. The van der Waals surface area contributed by atoms with Crippen molar-refractivity contribution in [2.24, 2.45) is 0 Å². The third-order valence-corrected chi connectivity index (χ3v) is 3.06. The van der Waals surface area contributed by atoms with Crippen LogP contribution in [0.15, 0.2) is 28.7 Å². The molecule has 1 atom stereocenters. The third kappa shape index (κ3) is 2.37. The maximum atomic E-state index is 5.99. The first kappa shape index (κ1) is 12.2. The van der Waals surface area contributed by atoms with Crippen molar-refractivity contribution in [1.29, 1.82) is 0 Å². The van der Waals surface area contributed by atoms with E-state index in [1.807, 2.05) is 12.1 Å². The average Bonchev–Trinajstić information content (AvgIpc) is 2.66. The van der Waals surface area contributed by atoms with Crippen LogP contribution in [-0.4, -0.2) is 6.04 Å². The predicted molar refractivity (Wildman–Crippen MR) is 72.3 cm³/mol. The molecule has 2 rings (SSSR count). The van der Waals surface area contributed by atoms with Gasteiger partial charge in [0.2, 0.25) is 0 Å². The molecule has 0 aliphatic heterocycles. The number of hydrogen-bond donors (Lipinski definition) is 1. The second-order valence-electron chi connectivity index (χ2n) is 4.84. The zero-order valence-corrected chi connectivity index (χ0v) is 11.1. The maximum absolute atomic E-state index is 5.99. The number of aryl methyl sites for hydroxylation is 1. The summed E-state index contributed by atoms with van der Waals surface area (Å²) in [6.45, 7) is 8.66. The van der Waals surface area contributed by atoms with Gasteiger partial charge in [0, 0.05) is 17.0 Å². The summed E-state index contributed by atoms with van der Waals surface area (Å²) in [6.07, 6.45) is 1.01. The fourth-order valence-corrected chi connectivity index (χ4v) is 2.41. The average molecular weight is 231 g/mol. The number of nitrogens with one attached hydrogen (secondary N) is 1. The molecular weight excluding hydrogens is 210 g/mol. The summed E-state index contributed by atoms with van der Waals surface area (Å²) in [5.41, 5.74) is 2.33. The molecule has 2 nitrogen and oxygen atoms in total. The Bertz CT molecular complexity index is 499. The summed E-state index contributed by atoms with van der Waals surface area (Å²) >= 11 is 0. The molecule has 0 saturated carbocycles. The molecular formula is C15H21NO. The Balaban J connectivity index is 2.45. The molecule has 17 heavy (non-hydrogen) atoms. The Kier molecular flexibility index (Phi) is 3.53. The van der Waals surface area contributed by atoms with Crippen molar-refractivity contribution in [3.63, 3.8) is 0 Å². The van der Waals surface area contributed by atoms with Gasteiger partial charge in [-0.1, -0.05) is 39.0 Å². The minimum Gasteiger partial charge on any atom is -0.459 e. The molecule has 0 saturated heterocycles. The Morgan fingerprint density at radius 2 is 1.88 bits per heavy atom. The summed E-state index contributed by atoms with van der Waals surface area (Å²) in [5.74, 6) is 1.09. The van der Waals surface area contributed by atoms with Gasteiger partial charge in [-0.2, -0.15) is 0 Å². The molecule has 1 unspecified atom stereocenters. The van der Waals surface area contributed by atoms with Gasteiger partial charge in [0.1, 0.15) is 11.3 Å². The fraction of sp³-hybridized carbons (Fsp3) is 0.467. The number of hydrogen-bond acceptors (Lipinski definition) is 2. The van der Waals surface area contributed by atoms with E-state index in [1.54, 1.807) is 0 Å². The lowest BCUT2D eigenvalue weighted by Crippen LogP contribution is -2.26. The fourth-order valence-electron chi connectivity index (χ4n) is 2.41. The highest BCUT2D eigenvalue weighted by Crippen LogP contribution is 2.30. The van der Waals surface area contributed by atoms with Crippen molar-refractivity contribution in [2.45, 2.75) is 46.2 Å². The summed E-state index contributed by atoms with van der Waals surface area (Å²) in [7, 11) is 0. The summed E-state index contributed by atoms with van der Waals surface area (Å²) in [5, 5.41) is 4.75. The first-order valence-corrected chi connectivity index (χ1v) is 6.39. The van der Waals surface area contributed by atoms with Crippen LogP contribution in [0.3, 0.4) is 0 Å². The van der Waals surface area contributed by atoms with E-state index in [9.17, 15) is 0 Å². The molecule has 0 amide bonds. The Morgan fingerprint density at radius 1 is 1.18 bits per heavy atom. The second-order valence-corrected chi connectivity index (χ2v) is 4.84. The lowest BCUT2D eigenvalue weighted by Gasteiger charge is -2.15. The van der Waals surface area contributed by atoms with Crippen LogP contribution in [0.1, 0.15) is 45.1 Å². The molecule has 0 aliphatic carbocycles. The van der Waals surface area contributed by atoms with Crippen LogP contribution in [0.2, 0.25) is 0 Å². The van der Waals surface area contributed by atoms with E-state index >= 15 is 0 Å². The molecule has 2 heteroatoms. The number of fused-ring (bicyclic) bond motifs is 1. The van der Waals surface area contributed by atoms with E-state index < -0.39 is 0 Å². The summed E-state index contributed by atoms with van der Waals surface area (Å²) in [4.78, 5) is 0. The molecule has 0 spiro atoms. The van der Waals surface area contributed by atoms with Gasteiger partial charge in [-0.05, 0) is 19.4 Å². The number of para-hydroxylation sites is 1. The molecule has 0 bridgehead atoms. The summed E-state index contributed by atoms with van der Waals surface area (Å²) in [6, 6.07) is 9.00. The number of benzene rings is 1. The van der Waals surface area contributed by atoms with E-state index in [1.165, 1.54) is 10.9 Å². The van der Waals surface area contributed by atoms with Crippen LogP contribution in [0.4, 0.5) is 0 Å². The molecule has 0 aliphatic rings. The molecule has 0 fully saturated rings. The van der Waals surface area contributed by atoms with Crippen LogP contribution < -0.4 is 5.32 Å². The minimum atomic E-state index is 0.261. The van der Waals surface area contributed by atoms with Crippen molar-refractivity contribution in [3.05, 3.63) is 35.6 Å². The van der Waals surface area contributed by atoms with Gasteiger partial charge in [-0.25, -0.2) is 0 Å². The standard InChI is InChI=1S/C15H21NO/c1-5-12-13-8-6-7-9-14(13)17-15(12)11(4)16-10(2)3/h6-11,16H,5H2,1-4H3. The van der Waals surface area contributed by atoms with Crippen molar-refractivity contribution in [2.75, 3.05) is 0 Å². The molecule has 2 aromatic rings. The summed E-state index contributed by atoms with van der Waals surface area (Å²) < 4.78 is 5.99. The highest BCUT2D eigenvalue weighted by molar-refractivity contribution is 5.82. The highest BCUT2D eigenvalue weighted by atomic mass is 16.3. The first-order valence-electron chi connectivity index (χ1n) is 6.39. The van der Waals surface area contributed by atoms with Crippen molar-refractivity contribution < 1.29 is 4.42 Å². The Hall–Kier alpha value is -1.28. The second kappa shape index (κ2) is 4.92. The van der Waals surface area contributed by atoms with E-state index in [2.05, 4.69) is 45.1 Å².